The van der Waals surface area contributed by atoms with Crippen molar-refractivity contribution in [3.05, 3.63) is 35.4 Å². The standard InChI is InChI=1S/C15H22F3N3O.HI/c1-14(2,22-4)10-21-13(19-3)20-9-11-5-7-12(8-6-11)15(16,17)18;/h5-8H,9-10H2,1-4H3,(H2,19,20,21);1H. The van der Waals surface area contributed by atoms with Crippen molar-refractivity contribution in [2.45, 2.75) is 32.2 Å². The van der Waals surface area contributed by atoms with Crippen LogP contribution in [0.15, 0.2) is 29.3 Å². The monoisotopic (exact) mass is 445 g/mol. The van der Waals surface area contributed by atoms with Crippen LogP contribution in [-0.4, -0.2) is 32.3 Å². The van der Waals surface area contributed by atoms with Crippen molar-refractivity contribution in [2.75, 3.05) is 20.7 Å². The van der Waals surface area contributed by atoms with Crippen molar-refractivity contribution in [3.63, 3.8) is 0 Å². The molecule has 0 unspecified atom stereocenters. The van der Waals surface area contributed by atoms with Crippen LogP contribution in [-0.2, 0) is 17.5 Å². The van der Waals surface area contributed by atoms with Crippen molar-refractivity contribution in [1.29, 1.82) is 0 Å². The van der Waals surface area contributed by atoms with Crippen molar-refractivity contribution >= 4 is 29.9 Å². The number of halogens is 4. The molecule has 23 heavy (non-hydrogen) atoms. The number of guanidine groups is 1. The van der Waals surface area contributed by atoms with E-state index in [-0.39, 0.29) is 29.6 Å². The highest BCUT2D eigenvalue weighted by atomic mass is 127. The van der Waals surface area contributed by atoms with Gasteiger partial charge in [-0.25, -0.2) is 0 Å². The Hall–Kier alpha value is -1.03. The minimum atomic E-state index is -4.31. The highest BCUT2D eigenvalue weighted by Gasteiger charge is 2.29. The summed E-state index contributed by atoms with van der Waals surface area (Å²) in [5.41, 5.74) is -0.256. The van der Waals surface area contributed by atoms with E-state index in [0.717, 1.165) is 17.7 Å². The van der Waals surface area contributed by atoms with E-state index in [1.807, 2.05) is 13.8 Å². The van der Waals surface area contributed by atoms with Gasteiger partial charge in [0.05, 0.1) is 11.2 Å². The number of nitrogens with zero attached hydrogens (tertiary/aromatic N) is 1. The largest absolute Gasteiger partial charge is 0.416 e. The molecule has 0 amide bonds. The van der Waals surface area contributed by atoms with Gasteiger partial charge in [-0.05, 0) is 31.5 Å². The maximum Gasteiger partial charge on any atom is 0.416 e. The fraction of sp³-hybridized carbons (Fsp3) is 0.533. The topological polar surface area (TPSA) is 45.7 Å². The van der Waals surface area contributed by atoms with Gasteiger partial charge in [0.2, 0.25) is 0 Å². The average Bonchev–Trinajstić information content (AvgIpc) is 2.47. The summed E-state index contributed by atoms with van der Waals surface area (Å²) < 4.78 is 42.7. The van der Waals surface area contributed by atoms with Crippen molar-refractivity contribution in [3.8, 4) is 0 Å². The molecule has 1 rings (SSSR count). The van der Waals surface area contributed by atoms with Crippen LogP contribution in [0.25, 0.3) is 0 Å². The van der Waals surface area contributed by atoms with Gasteiger partial charge in [-0.3, -0.25) is 4.99 Å². The van der Waals surface area contributed by atoms with Crippen LogP contribution in [0.5, 0.6) is 0 Å². The quantitative estimate of drug-likeness (QED) is 0.415. The van der Waals surface area contributed by atoms with Crippen molar-refractivity contribution in [2.24, 2.45) is 4.99 Å². The fourth-order valence-corrected chi connectivity index (χ4v) is 1.59. The molecule has 0 atom stereocenters. The molecule has 0 aliphatic heterocycles. The van der Waals surface area contributed by atoms with Crippen LogP contribution in [0.3, 0.4) is 0 Å². The Kier molecular flexibility index (Phi) is 8.89. The molecule has 8 heteroatoms. The van der Waals surface area contributed by atoms with Gasteiger partial charge >= 0.3 is 6.18 Å². The number of rotatable bonds is 5. The van der Waals surface area contributed by atoms with E-state index < -0.39 is 11.7 Å². The van der Waals surface area contributed by atoms with Crippen LogP contribution >= 0.6 is 24.0 Å². The highest BCUT2D eigenvalue weighted by molar-refractivity contribution is 14.0. The van der Waals surface area contributed by atoms with Gasteiger partial charge in [0.1, 0.15) is 0 Å². The first-order valence-corrected chi connectivity index (χ1v) is 6.84. The second-order valence-electron chi connectivity index (χ2n) is 5.44. The van der Waals surface area contributed by atoms with E-state index in [1.54, 1.807) is 14.2 Å². The number of ether oxygens (including phenoxy) is 1. The summed E-state index contributed by atoms with van der Waals surface area (Å²) in [6.07, 6.45) is -4.31. The average molecular weight is 445 g/mol. The third kappa shape index (κ3) is 7.87. The Bertz CT molecular complexity index is 502. The molecule has 132 valence electrons. The molecule has 2 N–H and O–H groups in total. The summed E-state index contributed by atoms with van der Waals surface area (Å²) >= 11 is 0. The van der Waals surface area contributed by atoms with Gasteiger partial charge in [0, 0.05) is 27.2 Å². The zero-order valence-electron chi connectivity index (χ0n) is 13.6. The molecule has 4 nitrogen and oxygen atoms in total. The molecule has 0 radical (unpaired) electrons. The van der Waals surface area contributed by atoms with E-state index >= 15 is 0 Å². The van der Waals surface area contributed by atoms with E-state index in [2.05, 4.69) is 15.6 Å². The smallest absolute Gasteiger partial charge is 0.377 e. The molecule has 0 heterocycles. The molecule has 0 saturated carbocycles. The number of benzene rings is 1. The zero-order chi connectivity index (χ0) is 16.8. The molecule has 0 aliphatic rings. The lowest BCUT2D eigenvalue weighted by Gasteiger charge is -2.24. The minimum Gasteiger partial charge on any atom is -0.377 e. The molecular formula is C15H23F3IN3O. The van der Waals surface area contributed by atoms with Crippen LogP contribution in [0.4, 0.5) is 13.2 Å². The lowest BCUT2D eigenvalue weighted by Crippen LogP contribution is -2.45. The number of aliphatic imine (C=N–C) groups is 1. The number of hydrogen-bond acceptors (Lipinski definition) is 2. The summed E-state index contributed by atoms with van der Waals surface area (Å²) in [6.45, 7) is 4.80. The van der Waals surface area contributed by atoms with E-state index in [1.165, 1.54) is 12.1 Å². The molecule has 1 aromatic carbocycles. The summed E-state index contributed by atoms with van der Waals surface area (Å²) in [7, 11) is 3.25. The lowest BCUT2D eigenvalue weighted by molar-refractivity contribution is -0.137. The van der Waals surface area contributed by atoms with Crippen molar-refractivity contribution in [1.82, 2.24) is 10.6 Å². The minimum absolute atomic E-state index is 0. The number of alkyl halides is 3. The summed E-state index contributed by atoms with van der Waals surface area (Å²) in [4.78, 5) is 4.06. The number of methoxy groups -OCH3 is 1. The predicted octanol–water partition coefficient (Wildman–Crippen LogP) is 3.41. The molecule has 0 saturated heterocycles. The van der Waals surface area contributed by atoms with Crippen LogP contribution in [0.1, 0.15) is 25.0 Å². The van der Waals surface area contributed by atoms with Crippen molar-refractivity contribution < 1.29 is 17.9 Å². The van der Waals surface area contributed by atoms with Gasteiger partial charge in [0.25, 0.3) is 0 Å². The lowest BCUT2D eigenvalue weighted by atomic mass is 10.1. The summed E-state index contributed by atoms with van der Waals surface area (Å²) in [5, 5.41) is 6.14. The van der Waals surface area contributed by atoms with Gasteiger partial charge in [-0.15, -0.1) is 24.0 Å². The normalized spacial score (nSPS) is 12.6. The Balaban J connectivity index is 0.00000484. The number of hydrogen-bond donors (Lipinski definition) is 2. The molecule has 0 aliphatic carbocycles. The summed E-state index contributed by atoms with van der Waals surface area (Å²) in [6, 6.07) is 5.03. The second-order valence-corrected chi connectivity index (χ2v) is 5.44. The van der Waals surface area contributed by atoms with E-state index in [4.69, 9.17) is 4.74 Å². The van der Waals surface area contributed by atoms with E-state index in [9.17, 15) is 13.2 Å². The zero-order valence-corrected chi connectivity index (χ0v) is 16.0. The number of nitrogens with one attached hydrogen (secondary N) is 2. The first-order chi connectivity index (χ1) is 10.2. The van der Waals surface area contributed by atoms with Crippen LogP contribution in [0.2, 0.25) is 0 Å². The summed E-state index contributed by atoms with van der Waals surface area (Å²) in [5.74, 6) is 0.560. The van der Waals surface area contributed by atoms with Gasteiger partial charge in [0.15, 0.2) is 5.96 Å². The van der Waals surface area contributed by atoms with E-state index in [0.29, 0.717) is 19.0 Å². The second kappa shape index (κ2) is 9.31. The fourth-order valence-electron chi connectivity index (χ4n) is 1.59. The molecular weight excluding hydrogens is 422 g/mol. The molecule has 0 aromatic heterocycles. The first kappa shape index (κ1) is 22.0. The maximum absolute atomic E-state index is 12.5. The predicted molar refractivity (Wildman–Crippen MR) is 96.1 cm³/mol. The SMILES string of the molecule is CN=C(NCc1ccc(C(F)(F)F)cc1)NCC(C)(C)OC.I. The third-order valence-electron chi connectivity index (χ3n) is 3.20. The third-order valence-corrected chi connectivity index (χ3v) is 3.20. The Morgan fingerprint density at radius 3 is 2.13 bits per heavy atom. The molecule has 0 fully saturated rings. The van der Waals surface area contributed by atoms with Crippen LogP contribution in [0, 0.1) is 0 Å². The first-order valence-electron chi connectivity index (χ1n) is 6.84. The Morgan fingerprint density at radius 2 is 1.70 bits per heavy atom. The highest BCUT2D eigenvalue weighted by Crippen LogP contribution is 2.28. The molecule has 1 aromatic rings. The Morgan fingerprint density at radius 1 is 1.13 bits per heavy atom. The molecule has 0 spiro atoms. The van der Waals surface area contributed by atoms with Gasteiger partial charge < -0.3 is 15.4 Å². The van der Waals surface area contributed by atoms with Gasteiger partial charge in [-0.1, -0.05) is 12.1 Å². The van der Waals surface area contributed by atoms with Gasteiger partial charge in [-0.2, -0.15) is 13.2 Å². The maximum atomic E-state index is 12.5. The Labute approximate surface area is 151 Å². The van der Waals surface area contributed by atoms with Crippen LogP contribution < -0.4 is 10.6 Å². The molecule has 0 bridgehead atoms.